The van der Waals surface area contributed by atoms with E-state index in [0.29, 0.717) is 11.3 Å². The normalized spacial score (nSPS) is 12.2. The summed E-state index contributed by atoms with van der Waals surface area (Å²) in [6.45, 7) is 1.81. The number of aromatic nitrogens is 1. The molecule has 1 heterocycles. The summed E-state index contributed by atoms with van der Waals surface area (Å²) in [7, 11) is 0. The maximum atomic E-state index is 13.2. The zero-order valence-electron chi connectivity index (χ0n) is 10.8. The van der Waals surface area contributed by atoms with Crippen LogP contribution in [0.3, 0.4) is 0 Å². The van der Waals surface area contributed by atoms with Crippen molar-refractivity contribution < 1.29 is 14.3 Å². The lowest BCUT2D eigenvalue weighted by atomic mass is 9.93. The molecule has 0 amide bonds. The van der Waals surface area contributed by atoms with Crippen LogP contribution in [0, 0.1) is 12.7 Å². The summed E-state index contributed by atoms with van der Waals surface area (Å²) >= 11 is 3.30. The van der Waals surface area contributed by atoms with E-state index < -0.39 is 11.9 Å². The van der Waals surface area contributed by atoms with Crippen LogP contribution in [-0.2, 0) is 11.2 Å². The van der Waals surface area contributed by atoms with Crippen LogP contribution in [0.15, 0.2) is 41.0 Å². The summed E-state index contributed by atoms with van der Waals surface area (Å²) in [5.74, 6) is -2.12. The Morgan fingerprint density at radius 1 is 1.45 bits per heavy atom. The van der Waals surface area contributed by atoms with E-state index in [1.54, 1.807) is 18.3 Å². The molecule has 1 unspecified atom stereocenters. The standard InChI is InChI=1S/C15H13BrFNO2/c1-9-5-11(16)8-18-14(9)13(15(19)20)7-10-3-2-4-12(17)6-10/h2-6,8,13H,7H2,1H3,(H,19,20). The molecule has 0 fully saturated rings. The molecule has 1 aromatic carbocycles. The number of benzene rings is 1. The monoisotopic (exact) mass is 337 g/mol. The maximum absolute atomic E-state index is 13.2. The van der Waals surface area contributed by atoms with Gasteiger partial charge in [0.1, 0.15) is 11.7 Å². The third-order valence-electron chi connectivity index (χ3n) is 3.04. The van der Waals surface area contributed by atoms with Crippen molar-refractivity contribution in [3.63, 3.8) is 0 Å². The summed E-state index contributed by atoms with van der Waals surface area (Å²) in [6, 6.07) is 7.80. The van der Waals surface area contributed by atoms with Gasteiger partial charge in [-0.05, 0) is 58.6 Å². The number of carbonyl (C=O) groups is 1. The number of halogens is 2. The third kappa shape index (κ3) is 3.42. The highest BCUT2D eigenvalue weighted by atomic mass is 79.9. The Hall–Kier alpha value is -1.75. The van der Waals surface area contributed by atoms with Crippen LogP contribution < -0.4 is 0 Å². The van der Waals surface area contributed by atoms with Gasteiger partial charge in [0, 0.05) is 10.7 Å². The second kappa shape index (κ2) is 6.13. The number of hydrogen-bond acceptors (Lipinski definition) is 2. The first-order chi connectivity index (χ1) is 9.47. The topological polar surface area (TPSA) is 50.2 Å². The number of aliphatic carboxylic acids is 1. The summed E-state index contributed by atoms with van der Waals surface area (Å²) < 4.78 is 14.0. The van der Waals surface area contributed by atoms with Gasteiger partial charge in [-0.3, -0.25) is 9.78 Å². The molecule has 1 aromatic heterocycles. The largest absolute Gasteiger partial charge is 0.481 e. The van der Waals surface area contributed by atoms with E-state index in [1.807, 2.05) is 13.0 Å². The second-order valence-electron chi connectivity index (χ2n) is 4.58. The number of aryl methyl sites for hydroxylation is 1. The fraction of sp³-hybridized carbons (Fsp3) is 0.200. The molecule has 0 saturated heterocycles. The van der Waals surface area contributed by atoms with Crippen molar-refractivity contribution in [2.75, 3.05) is 0 Å². The van der Waals surface area contributed by atoms with Gasteiger partial charge in [0.15, 0.2) is 0 Å². The van der Waals surface area contributed by atoms with Crippen molar-refractivity contribution >= 4 is 21.9 Å². The van der Waals surface area contributed by atoms with Crippen molar-refractivity contribution in [3.05, 3.63) is 63.6 Å². The van der Waals surface area contributed by atoms with Crippen LogP contribution in [-0.4, -0.2) is 16.1 Å². The van der Waals surface area contributed by atoms with Crippen molar-refractivity contribution in [1.82, 2.24) is 4.98 Å². The molecule has 2 aromatic rings. The molecular formula is C15H13BrFNO2. The van der Waals surface area contributed by atoms with Crippen molar-refractivity contribution in [2.24, 2.45) is 0 Å². The Kier molecular flexibility index (Phi) is 4.49. The minimum Gasteiger partial charge on any atom is -0.481 e. The zero-order chi connectivity index (χ0) is 14.7. The Labute approximate surface area is 124 Å². The molecule has 0 aliphatic heterocycles. The van der Waals surface area contributed by atoms with Gasteiger partial charge >= 0.3 is 5.97 Å². The lowest BCUT2D eigenvalue weighted by Crippen LogP contribution is -2.17. The summed E-state index contributed by atoms with van der Waals surface area (Å²) in [6.07, 6.45) is 1.78. The Balaban J connectivity index is 2.34. The number of rotatable bonds is 4. The Bertz CT molecular complexity index is 646. The molecule has 2 rings (SSSR count). The van der Waals surface area contributed by atoms with Gasteiger partial charge in [-0.25, -0.2) is 4.39 Å². The van der Waals surface area contributed by atoms with Crippen LogP contribution in [0.2, 0.25) is 0 Å². The Morgan fingerprint density at radius 3 is 2.80 bits per heavy atom. The van der Waals surface area contributed by atoms with Crippen LogP contribution in [0.5, 0.6) is 0 Å². The second-order valence-corrected chi connectivity index (χ2v) is 5.50. The summed E-state index contributed by atoms with van der Waals surface area (Å²) in [5.41, 5.74) is 1.94. The SMILES string of the molecule is Cc1cc(Br)cnc1C(Cc1cccc(F)c1)C(=O)O. The summed E-state index contributed by atoms with van der Waals surface area (Å²) in [5, 5.41) is 9.41. The zero-order valence-corrected chi connectivity index (χ0v) is 12.4. The average Bonchev–Trinajstić information content (AvgIpc) is 2.36. The van der Waals surface area contributed by atoms with Crippen molar-refractivity contribution in [1.29, 1.82) is 0 Å². The first kappa shape index (κ1) is 14.7. The highest BCUT2D eigenvalue weighted by Crippen LogP contribution is 2.24. The first-order valence-corrected chi connectivity index (χ1v) is 6.86. The van der Waals surface area contributed by atoms with E-state index in [9.17, 15) is 14.3 Å². The predicted molar refractivity (Wildman–Crippen MR) is 77.2 cm³/mol. The van der Waals surface area contributed by atoms with Gasteiger partial charge < -0.3 is 5.11 Å². The van der Waals surface area contributed by atoms with E-state index in [4.69, 9.17) is 0 Å². The van der Waals surface area contributed by atoms with E-state index >= 15 is 0 Å². The maximum Gasteiger partial charge on any atom is 0.312 e. The molecule has 0 spiro atoms. The predicted octanol–water partition coefficient (Wildman–Crippen LogP) is 3.70. The number of carboxylic acid groups (broad SMARTS) is 1. The smallest absolute Gasteiger partial charge is 0.312 e. The molecular weight excluding hydrogens is 325 g/mol. The summed E-state index contributed by atoms with van der Waals surface area (Å²) in [4.78, 5) is 15.7. The highest BCUT2D eigenvalue weighted by Gasteiger charge is 2.23. The van der Waals surface area contributed by atoms with Gasteiger partial charge in [0.25, 0.3) is 0 Å². The molecule has 104 valence electrons. The quantitative estimate of drug-likeness (QED) is 0.925. The van der Waals surface area contributed by atoms with Gasteiger partial charge in [-0.1, -0.05) is 12.1 Å². The lowest BCUT2D eigenvalue weighted by Gasteiger charge is -2.14. The van der Waals surface area contributed by atoms with Crippen molar-refractivity contribution in [2.45, 2.75) is 19.3 Å². The number of pyridine rings is 1. The van der Waals surface area contributed by atoms with Gasteiger partial charge in [-0.15, -0.1) is 0 Å². The van der Waals surface area contributed by atoms with E-state index in [2.05, 4.69) is 20.9 Å². The number of hydrogen-bond donors (Lipinski definition) is 1. The van der Waals surface area contributed by atoms with Crippen molar-refractivity contribution in [3.8, 4) is 0 Å². The first-order valence-electron chi connectivity index (χ1n) is 6.06. The molecule has 1 N–H and O–H groups in total. The molecule has 1 atom stereocenters. The number of carboxylic acids is 1. The lowest BCUT2D eigenvalue weighted by molar-refractivity contribution is -0.138. The van der Waals surface area contributed by atoms with Gasteiger partial charge in [0.05, 0.1) is 5.69 Å². The minimum absolute atomic E-state index is 0.211. The van der Waals surface area contributed by atoms with Crippen LogP contribution >= 0.6 is 15.9 Å². The molecule has 0 aliphatic rings. The molecule has 0 aliphatic carbocycles. The van der Waals surface area contributed by atoms with E-state index in [0.717, 1.165) is 10.0 Å². The minimum atomic E-state index is -0.966. The molecule has 20 heavy (non-hydrogen) atoms. The fourth-order valence-corrected chi connectivity index (χ4v) is 2.56. The molecule has 0 radical (unpaired) electrons. The molecule has 0 bridgehead atoms. The van der Waals surface area contributed by atoms with E-state index in [1.165, 1.54) is 12.1 Å². The third-order valence-corrected chi connectivity index (χ3v) is 3.48. The van der Waals surface area contributed by atoms with Gasteiger partial charge in [-0.2, -0.15) is 0 Å². The average molecular weight is 338 g/mol. The number of nitrogens with zero attached hydrogens (tertiary/aromatic N) is 1. The van der Waals surface area contributed by atoms with E-state index in [-0.39, 0.29) is 12.2 Å². The Morgan fingerprint density at radius 2 is 2.20 bits per heavy atom. The van der Waals surface area contributed by atoms with Crippen LogP contribution in [0.1, 0.15) is 22.7 Å². The van der Waals surface area contributed by atoms with Crippen LogP contribution in [0.25, 0.3) is 0 Å². The van der Waals surface area contributed by atoms with Gasteiger partial charge in [0.2, 0.25) is 0 Å². The highest BCUT2D eigenvalue weighted by molar-refractivity contribution is 9.10. The molecule has 5 heteroatoms. The fourth-order valence-electron chi connectivity index (χ4n) is 2.12. The van der Waals surface area contributed by atoms with Crippen LogP contribution in [0.4, 0.5) is 4.39 Å². The molecule has 0 saturated carbocycles. The molecule has 3 nitrogen and oxygen atoms in total.